The van der Waals surface area contributed by atoms with E-state index in [1.165, 1.54) is 10.4 Å². The van der Waals surface area contributed by atoms with Gasteiger partial charge in [0.15, 0.2) is 0 Å². The van der Waals surface area contributed by atoms with E-state index < -0.39 is 0 Å². The number of carbonyl (C=O) groups excluding carboxylic acids is 2. The number of aryl methyl sites for hydroxylation is 2. The summed E-state index contributed by atoms with van der Waals surface area (Å²) in [6.07, 6.45) is 2.02. The fourth-order valence-corrected chi connectivity index (χ4v) is 6.77. The van der Waals surface area contributed by atoms with Gasteiger partial charge in [-0.15, -0.1) is 23.1 Å². The molecule has 8 heteroatoms. The van der Waals surface area contributed by atoms with E-state index in [1.54, 1.807) is 28.0 Å². The lowest BCUT2D eigenvalue weighted by Gasteiger charge is -2.24. The Kier molecular flexibility index (Phi) is 6.30. The van der Waals surface area contributed by atoms with Crippen molar-refractivity contribution >= 4 is 40.7 Å². The van der Waals surface area contributed by atoms with Crippen LogP contribution < -0.4 is 10.2 Å². The fourth-order valence-electron chi connectivity index (χ4n) is 4.59. The van der Waals surface area contributed by atoms with Crippen LogP contribution in [0.3, 0.4) is 0 Å². The molecule has 2 aromatic heterocycles. The van der Waals surface area contributed by atoms with Gasteiger partial charge >= 0.3 is 0 Å². The van der Waals surface area contributed by atoms with Gasteiger partial charge in [-0.25, -0.2) is 4.68 Å². The molecular formula is C27H32N4O2S2. The van der Waals surface area contributed by atoms with Crippen LogP contribution in [-0.2, 0) is 15.0 Å². The SMILES string of the molecule is Cc1ccc(-n2nc(C(C)(C)C)c3c2N(CC(=O)NC2CC2)C(=O)CS[C@@H]3c2cccs2)c(C)c1. The van der Waals surface area contributed by atoms with E-state index in [0.717, 1.165) is 41.2 Å². The standard InChI is InChI=1S/C27H32N4O2S2/c1-16-8-11-19(17(2)13-16)31-26-23(25(29-31)27(3,4)5)24(20-7-6-12-34-20)35-15-22(33)30(26)14-21(32)28-18-9-10-18/h6-8,11-13,18,24H,9-10,14-15H2,1-5H3,(H,28,32)/t24-/m1/s1. The number of nitrogens with zero attached hydrogens (tertiary/aromatic N) is 3. The number of hydrogen-bond donors (Lipinski definition) is 1. The van der Waals surface area contributed by atoms with Gasteiger partial charge in [0.25, 0.3) is 0 Å². The predicted octanol–water partition coefficient (Wildman–Crippen LogP) is 5.30. The molecule has 3 heterocycles. The van der Waals surface area contributed by atoms with E-state index in [0.29, 0.717) is 5.75 Å². The van der Waals surface area contributed by atoms with Gasteiger partial charge in [-0.3, -0.25) is 14.5 Å². The van der Waals surface area contributed by atoms with Crippen molar-refractivity contribution in [1.82, 2.24) is 15.1 Å². The summed E-state index contributed by atoms with van der Waals surface area (Å²) in [6, 6.07) is 10.7. The number of carbonyl (C=O) groups is 2. The Morgan fingerprint density at radius 2 is 1.97 bits per heavy atom. The van der Waals surface area contributed by atoms with E-state index >= 15 is 0 Å². The molecule has 5 rings (SSSR count). The fraction of sp³-hybridized carbons (Fsp3) is 0.444. The number of amides is 2. The average Bonchev–Trinajstić information content (AvgIpc) is 3.30. The molecule has 1 saturated carbocycles. The highest BCUT2D eigenvalue weighted by atomic mass is 32.2. The first-order valence-electron chi connectivity index (χ1n) is 12.1. The van der Waals surface area contributed by atoms with Crippen LogP contribution in [0.1, 0.15) is 66.1 Å². The van der Waals surface area contributed by atoms with Gasteiger partial charge in [0.2, 0.25) is 11.8 Å². The average molecular weight is 509 g/mol. The highest BCUT2D eigenvalue weighted by molar-refractivity contribution is 8.00. The van der Waals surface area contributed by atoms with Crippen LogP contribution in [0.25, 0.3) is 5.69 Å². The van der Waals surface area contributed by atoms with Crippen molar-refractivity contribution in [3.8, 4) is 5.69 Å². The highest BCUT2D eigenvalue weighted by Crippen LogP contribution is 2.49. The Morgan fingerprint density at radius 1 is 1.20 bits per heavy atom. The molecule has 35 heavy (non-hydrogen) atoms. The lowest BCUT2D eigenvalue weighted by atomic mass is 9.88. The van der Waals surface area contributed by atoms with Gasteiger partial charge in [0.05, 0.1) is 22.4 Å². The van der Waals surface area contributed by atoms with Crippen LogP contribution in [0.5, 0.6) is 0 Å². The van der Waals surface area contributed by atoms with Crippen LogP contribution in [0, 0.1) is 13.8 Å². The molecule has 1 fully saturated rings. The molecule has 1 aromatic carbocycles. The molecule has 1 aliphatic carbocycles. The molecule has 0 unspecified atom stereocenters. The summed E-state index contributed by atoms with van der Waals surface area (Å²) >= 11 is 3.33. The second kappa shape index (κ2) is 9.13. The summed E-state index contributed by atoms with van der Waals surface area (Å²) in [6.45, 7) is 10.6. The Balaban J connectivity index is 1.75. The van der Waals surface area contributed by atoms with Gasteiger partial charge in [-0.05, 0) is 49.8 Å². The summed E-state index contributed by atoms with van der Waals surface area (Å²) < 4.78 is 1.92. The first-order chi connectivity index (χ1) is 16.6. The molecule has 0 saturated heterocycles. The lowest BCUT2D eigenvalue weighted by Crippen LogP contribution is -2.43. The number of thioether (sulfide) groups is 1. The third-order valence-corrected chi connectivity index (χ3v) is 8.75. The monoisotopic (exact) mass is 508 g/mol. The Hall–Kier alpha value is -2.58. The van der Waals surface area contributed by atoms with Crippen molar-refractivity contribution in [2.45, 2.75) is 64.2 Å². The zero-order valence-electron chi connectivity index (χ0n) is 20.9. The summed E-state index contributed by atoms with van der Waals surface area (Å²) in [7, 11) is 0. The minimum Gasteiger partial charge on any atom is -0.352 e. The van der Waals surface area contributed by atoms with Crippen molar-refractivity contribution < 1.29 is 9.59 Å². The highest BCUT2D eigenvalue weighted by Gasteiger charge is 2.40. The number of benzene rings is 1. The van der Waals surface area contributed by atoms with Crippen LogP contribution >= 0.6 is 23.1 Å². The largest absolute Gasteiger partial charge is 0.352 e. The van der Waals surface area contributed by atoms with Gasteiger partial charge in [-0.1, -0.05) is 44.5 Å². The van der Waals surface area contributed by atoms with E-state index in [4.69, 9.17) is 5.10 Å². The van der Waals surface area contributed by atoms with E-state index in [2.05, 4.69) is 75.6 Å². The molecule has 0 radical (unpaired) electrons. The first kappa shape index (κ1) is 24.1. The smallest absolute Gasteiger partial charge is 0.240 e. The maximum atomic E-state index is 13.6. The predicted molar refractivity (Wildman–Crippen MR) is 144 cm³/mol. The first-order valence-corrected chi connectivity index (χ1v) is 14.0. The molecule has 6 nitrogen and oxygen atoms in total. The number of nitrogens with one attached hydrogen (secondary N) is 1. The molecule has 1 N–H and O–H groups in total. The van der Waals surface area contributed by atoms with Crippen molar-refractivity contribution in [3.05, 3.63) is 63.0 Å². The Morgan fingerprint density at radius 3 is 2.60 bits per heavy atom. The van der Waals surface area contributed by atoms with Crippen molar-refractivity contribution in [3.63, 3.8) is 0 Å². The quantitative estimate of drug-likeness (QED) is 0.508. The van der Waals surface area contributed by atoms with Crippen molar-refractivity contribution in [2.75, 3.05) is 17.2 Å². The number of aromatic nitrogens is 2. The van der Waals surface area contributed by atoms with Crippen LogP contribution in [0.15, 0.2) is 35.7 Å². The molecule has 0 spiro atoms. The van der Waals surface area contributed by atoms with Gasteiger partial charge in [-0.2, -0.15) is 5.10 Å². The second-order valence-corrected chi connectivity index (χ2v) is 12.6. The Bertz CT molecular complexity index is 1270. The molecule has 184 valence electrons. The van der Waals surface area contributed by atoms with Crippen LogP contribution in [0.2, 0.25) is 0 Å². The zero-order chi connectivity index (χ0) is 24.9. The molecule has 2 aliphatic rings. The minimum atomic E-state index is -0.251. The normalized spacial score (nSPS) is 18.4. The molecular weight excluding hydrogens is 476 g/mol. The molecule has 3 aromatic rings. The van der Waals surface area contributed by atoms with E-state index in [9.17, 15) is 9.59 Å². The van der Waals surface area contributed by atoms with Gasteiger partial charge in [0.1, 0.15) is 12.4 Å². The number of hydrogen-bond acceptors (Lipinski definition) is 5. The van der Waals surface area contributed by atoms with Crippen LogP contribution in [-0.4, -0.2) is 39.9 Å². The maximum Gasteiger partial charge on any atom is 0.240 e. The maximum absolute atomic E-state index is 13.6. The van der Waals surface area contributed by atoms with E-state index in [1.807, 2.05) is 4.68 Å². The second-order valence-electron chi connectivity index (χ2n) is 10.6. The number of fused-ring (bicyclic) bond motifs is 1. The van der Waals surface area contributed by atoms with Crippen LogP contribution in [0.4, 0.5) is 5.82 Å². The molecule has 1 atom stereocenters. The molecule has 2 amide bonds. The van der Waals surface area contributed by atoms with E-state index in [-0.39, 0.29) is 35.1 Å². The molecule has 1 aliphatic heterocycles. The lowest BCUT2D eigenvalue weighted by molar-refractivity contribution is -0.123. The van der Waals surface area contributed by atoms with Gasteiger partial charge in [0, 0.05) is 21.9 Å². The Labute approximate surface area is 215 Å². The number of thiophene rings is 1. The number of anilines is 1. The summed E-state index contributed by atoms with van der Waals surface area (Å²) in [5.41, 5.74) is 4.93. The summed E-state index contributed by atoms with van der Waals surface area (Å²) in [5.74, 6) is 0.857. The third-order valence-electron chi connectivity index (χ3n) is 6.43. The summed E-state index contributed by atoms with van der Waals surface area (Å²) in [4.78, 5) is 29.4. The minimum absolute atomic E-state index is 0.000237. The topological polar surface area (TPSA) is 67.2 Å². The third kappa shape index (κ3) is 4.78. The van der Waals surface area contributed by atoms with Crippen molar-refractivity contribution in [1.29, 1.82) is 0 Å². The van der Waals surface area contributed by atoms with Crippen molar-refractivity contribution in [2.24, 2.45) is 0 Å². The molecule has 0 bridgehead atoms. The number of rotatable bonds is 5. The zero-order valence-corrected chi connectivity index (χ0v) is 22.6. The summed E-state index contributed by atoms with van der Waals surface area (Å²) in [5, 5.41) is 10.3. The van der Waals surface area contributed by atoms with Gasteiger partial charge < -0.3 is 5.32 Å².